The number of carbonyl (C=O) groups is 1. The fourth-order valence-corrected chi connectivity index (χ4v) is 2.58. The summed E-state index contributed by atoms with van der Waals surface area (Å²) in [6, 6.07) is 11.1. The molecule has 0 spiro atoms. The number of hydrogen-bond acceptors (Lipinski definition) is 3. The number of allylic oxidation sites excluding steroid dienone is 1. The molecule has 0 atom stereocenters. The number of carbonyl (C=O) groups excluding carboxylic acids is 1. The molecular weight excluding hydrogens is 314 g/mol. The summed E-state index contributed by atoms with van der Waals surface area (Å²) >= 11 is 7.25. The average Bonchev–Trinajstić information content (AvgIpc) is 2.95. The van der Waals surface area contributed by atoms with Crippen LogP contribution in [-0.2, 0) is 0 Å². The van der Waals surface area contributed by atoms with E-state index in [1.807, 2.05) is 43.3 Å². The second-order valence-corrected chi connectivity index (χ2v) is 6.47. The van der Waals surface area contributed by atoms with Crippen LogP contribution in [-0.4, -0.2) is 31.3 Å². The SMILES string of the molecule is CN(C)CC#Cc1ccc(C(=O)/C=C\c2ccc(Cl)cc2)s1. The van der Waals surface area contributed by atoms with Gasteiger partial charge in [0.1, 0.15) is 0 Å². The molecule has 1 aromatic heterocycles. The second kappa shape index (κ2) is 7.95. The zero-order valence-corrected chi connectivity index (χ0v) is 14.0. The molecule has 0 amide bonds. The Bertz CT molecular complexity index is 732. The average molecular weight is 330 g/mol. The first-order chi connectivity index (χ1) is 10.5. The Morgan fingerprint density at radius 3 is 2.64 bits per heavy atom. The Morgan fingerprint density at radius 1 is 1.23 bits per heavy atom. The molecule has 1 heterocycles. The quantitative estimate of drug-likeness (QED) is 0.476. The van der Waals surface area contributed by atoms with Crippen LogP contribution in [0.3, 0.4) is 0 Å². The Hall–Kier alpha value is -1.86. The molecule has 0 bridgehead atoms. The van der Waals surface area contributed by atoms with Crippen molar-refractivity contribution in [2.75, 3.05) is 20.6 Å². The van der Waals surface area contributed by atoms with Gasteiger partial charge >= 0.3 is 0 Å². The summed E-state index contributed by atoms with van der Waals surface area (Å²) in [4.78, 5) is 15.7. The lowest BCUT2D eigenvalue weighted by atomic mass is 10.2. The standard InChI is InChI=1S/C18H16ClNOS/c1-20(2)13-3-4-16-10-12-18(22-16)17(21)11-7-14-5-8-15(19)9-6-14/h5-12H,13H2,1-2H3/b11-7-. The fourth-order valence-electron chi connectivity index (χ4n) is 1.65. The molecule has 0 unspecified atom stereocenters. The van der Waals surface area contributed by atoms with Gasteiger partial charge in [-0.2, -0.15) is 0 Å². The van der Waals surface area contributed by atoms with Crippen LogP contribution in [0.2, 0.25) is 5.02 Å². The summed E-state index contributed by atoms with van der Waals surface area (Å²) in [6.45, 7) is 0.706. The van der Waals surface area contributed by atoms with Crippen molar-refractivity contribution in [1.82, 2.24) is 4.90 Å². The third-order valence-electron chi connectivity index (χ3n) is 2.75. The van der Waals surface area contributed by atoms with E-state index in [-0.39, 0.29) is 5.78 Å². The highest BCUT2D eigenvalue weighted by Gasteiger charge is 2.05. The summed E-state index contributed by atoms with van der Waals surface area (Å²) in [5, 5.41) is 0.683. The van der Waals surface area contributed by atoms with E-state index in [4.69, 9.17) is 11.6 Å². The van der Waals surface area contributed by atoms with Crippen LogP contribution in [0.15, 0.2) is 42.5 Å². The predicted molar refractivity (Wildman–Crippen MR) is 94.6 cm³/mol. The van der Waals surface area contributed by atoms with Gasteiger partial charge in [0, 0.05) is 5.02 Å². The summed E-state index contributed by atoms with van der Waals surface area (Å²) in [5.41, 5.74) is 0.945. The van der Waals surface area contributed by atoms with Crippen molar-refractivity contribution >= 4 is 34.8 Å². The van der Waals surface area contributed by atoms with Gasteiger partial charge in [0.2, 0.25) is 0 Å². The van der Waals surface area contributed by atoms with Gasteiger partial charge in [0.05, 0.1) is 16.3 Å². The lowest BCUT2D eigenvalue weighted by molar-refractivity contribution is 0.105. The third kappa shape index (κ3) is 5.16. The highest BCUT2D eigenvalue weighted by Crippen LogP contribution is 2.17. The number of nitrogens with zero attached hydrogens (tertiary/aromatic N) is 1. The van der Waals surface area contributed by atoms with Crippen LogP contribution in [0.1, 0.15) is 20.1 Å². The van der Waals surface area contributed by atoms with Crippen molar-refractivity contribution in [3.8, 4) is 11.8 Å². The maximum Gasteiger partial charge on any atom is 0.195 e. The van der Waals surface area contributed by atoms with E-state index in [9.17, 15) is 4.79 Å². The minimum atomic E-state index is -0.0133. The monoisotopic (exact) mass is 329 g/mol. The molecule has 22 heavy (non-hydrogen) atoms. The largest absolute Gasteiger partial charge is 0.299 e. The van der Waals surface area contributed by atoms with E-state index >= 15 is 0 Å². The molecular formula is C18H16ClNOS. The highest BCUT2D eigenvalue weighted by molar-refractivity contribution is 7.14. The molecule has 0 N–H and O–H groups in total. The zero-order valence-electron chi connectivity index (χ0n) is 12.5. The lowest BCUT2D eigenvalue weighted by Gasteiger charge is -2.00. The van der Waals surface area contributed by atoms with Crippen LogP contribution >= 0.6 is 22.9 Å². The molecule has 0 aliphatic carbocycles. The summed E-state index contributed by atoms with van der Waals surface area (Å²) in [6.07, 6.45) is 3.36. The Kier molecular flexibility index (Phi) is 5.97. The minimum Gasteiger partial charge on any atom is -0.299 e. The molecule has 2 nitrogen and oxygen atoms in total. The molecule has 4 heteroatoms. The summed E-state index contributed by atoms with van der Waals surface area (Å²) in [5.74, 6) is 6.11. The smallest absolute Gasteiger partial charge is 0.195 e. The van der Waals surface area contributed by atoms with E-state index in [0.29, 0.717) is 16.4 Å². The first kappa shape index (κ1) is 16.5. The molecule has 0 aliphatic heterocycles. The van der Waals surface area contributed by atoms with E-state index in [1.54, 1.807) is 24.3 Å². The molecule has 0 aliphatic rings. The first-order valence-corrected chi connectivity index (χ1v) is 7.95. The van der Waals surface area contributed by atoms with Crippen LogP contribution in [0.5, 0.6) is 0 Å². The molecule has 2 rings (SSSR count). The normalized spacial score (nSPS) is 10.7. The van der Waals surface area contributed by atoms with Crippen molar-refractivity contribution in [2.24, 2.45) is 0 Å². The number of halogens is 1. The minimum absolute atomic E-state index is 0.0133. The number of benzene rings is 1. The summed E-state index contributed by atoms with van der Waals surface area (Å²) < 4.78 is 0. The van der Waals surface area contributed by atoms with Gasteiger partial charge in [0.15, 0.2) is 5.78 Å². The fraction of sp³-hybridized carbons (Fsp3) is 0.167. The van der Waals surface area contributed by atoms with Crippen LogP contribution in [0.25, 0.3) is 6.08 Å². The van der Waals surface area contributed by atoms with Crippen molar-refractivity contribution in [1.29, 1.82) is 0 Å². The molecule has 0 fully saturated rings. The van der Waals surface area contributed by atoms with Gasteiger partial charge in [-0.05, 0) is 50.0 Å². The van der Waals surface area contributed by atoms with Crippen molar-refractivity contribution < 1.29 is 4.79 Å². The maximum absolute atomic E-state index is 12.1. The van der Waals surface area contributed by atoms with E-state index in [0.717, 1.165) is 10.4 Å². The number of thiophene rings is 1. The molecule has 1 aromatic carbocycles. The number of hydrogen-bond donors (Lipinski definition) is 0. The first-order valence-electron chi connectivity index (χ1n) is 6.76. The van der Waals surface area contributed by atoms with Crippen molar-refractivity contribution in [2.45, 2.75) is 0 Å². The molecule has 0 saturated carbocycles. The Labute approximate surface area is 140 Å². The second-order valence-electron chi connectivity index (χ2n) is 4.95. The molecule has 112 valence electrons. The van der Waals surface area contributed by atoms with Gasteiger partial charge in [-0.3, -0.25) is 9.69 Å². The Morgan fingerprint density at radius 2 is 1.95 bits per heavy atom. The van der Waals surface area contributed by atoms with Gasteiger partial charge < -0.3 is 0 Å². The van der Waals surface area contributed by atoms with Gasteiger partial charge in [-0.15, -0.1) is 11.3 Å². The van der Waals surface area contributed by atoms with E-state index in [1.165, 1.54) is 11.3 Å². The highest BCUT2D eigenvalue weighted by atomic mass is 35.5. The predicted octanol–water partition coefficient (Wildman–Crippen LogP) is 4.21. The Balaban J connectivity index is 2.02. The van der Waals surface area contributed by atoms with Crippen LogP contribution in [0.4, 0.5) is 0 Å². The molecule has 0 radical (unpaired) electrons. The van der Waals surface area contributed by atoms with E-state index in [2.05, 4.69) is 11.8 Å². The third-order valence-corrected chi connectivity index (χ3v) is 4.02. The topological polar surface area (TPSA) is 20.3 Å². The van der Waals surface area contributed by atoms with E-state index < -0.39 is 0 Å². The van der Waals surface area contributed by atoms with Gasteiger partial charge in [0.25, 0.3) is 0 Å². The number of rotatable bonds is 4. The van der Waals surface area contributed by atoms with Gasteiger partial charge in [-0.25, -0.2) is 0 Å². The lowest BCUT2D eigenvalue weighted by Crippen LogP contribution is -2.10. The molecule has 0 saturated heterocycles. The molecule has 2 aromatic rings. The maximum atomic E-state index is 12.1. The number of ketones is 1. The van der Waals surface area contributed by atoms with Crippen LogP contribution < -0.4 is 0 Å². The van der Waals surface area contributed by atoms with Crippen LogP contribution in [0, 0.1) is 11.8 Å². The zero-order chi connectivity index (χ0) is 15.9. The van der Waals surface area contributed by atoms with Crippen molar-refractivity contribution in [3.05, 3.63) is 62.8 Å². The van der Waals surface area contributed by atoms with Crippen molar-refractivity contribution in [3.63, 3.8) is 0 Å². The summed E-state index contributed by atoms with van der Waals surface area (Å²) in [7, 11) is 3.94. The van der Waals surface area contributed by atoms with Gasteiger partial charge in [-0.1, -0.05) is 41.7 Å².